The van der Waals surface area contributed by atoms with Gasteiger partial charge in [-0.1, -0.05) is 27.7 Å². The van der Waals surface area contributed by atoms with Crippen molar-refractivity contribution in [3.05, 3.63) is 23.8 Å². The lowest BCUT2D eigenvalue weighted by Crippen LogP contribution is -2.36. The molecule has 1 heterocycles. The lowest BCUT2D eigenvalue weighted by atomic mass is 9.81. The summed E-state index contributed by atoms with van der Waals surface area (Å²) >= 11 is 0. The summed E-state index contributed by atoms with van der Waals surface area (Å²) < 4.78 is 26.9. The van der Waals surface area contributed by atoms with Crippen molar-refractivity contribution >= 4 is 15.7 Å². The van der Waals surface area contributed by atoms with Crippen molar-refractivity contribution in [1.29, 1.82) is 0 Å². The summed E-state index contributed by atoms with van der Waals surface area (Å²) in [5.41, 5.74) is 2.19. The minimum atomic E-state index is -3.39. The van der Waals surface area contributed by atoms with Crippen molar-refractivity contribution in [2.24, 2.45) is 0 Å². The molecule has 0 bridgehead atoms. The van der Waals surface area contributed by atoms with Gasteiger partial charge in [-0.25, -0.2) is 8.42 Å². The number of benzene rings is 1. The molecule has 21 heavy (non-hydrogen) atoms. The van der Waals surface area contributed by atoms with Gasteiger partial charge in [-0.2, -0.15) is 4.31 Å². The lowest BCUT2D eigenvalue weighted by molar-refractivity contribution is 0.443. The van der Waals surface area contributed by atoms with Gasteiger partial charge >= 0.3 is 0 Å². The van der Waals surface area contributed by atoms with E-state index in [1.165, 1.54) is 4.31 Å². The van der Waals surface area contributed by atoms with Gasteiger partial charge in [0.1, 0.15) is 0 Å². The molecule has 118 valence electrons. The van der Waals surface area contributed by atoms with E-state index in [-0.39, 0.29) is 5.41 Å². The summed E-state index contributed by atoms with van der Waals surface area (Å²) in [6.45, 7) is 11.3. The number of hydrogen-bond donors (Lipinski definition) is 0. The first-order chi connectivity index (χ1) is 9.67. The van der Waals surface area contributed by atoms with Gasteiger partial charge in [-0.15, -0.1) is 0 Å². The molecule has 0 N–H and O–H groups in total. The summed E-state index contributed by atoms with van der Waals surface area (Å²) in [4.78, 5) is 2.63. The molecule has 1 aromatic rings. The first-order valence-electron chi connectivity index (χ1n) is 7.55. The lowest BCUT2D eigenvalue weighted by Gasteiger charge is -2.28. The smallest absolute Gasteiger partial charge is 0.243 e. The van der Waals surface area contributed by atoms with E-state index in [9.17, 15) is 8.42 Å². The van der Waals surface area contributed by atoms with E-state index in [0.717, 1.165) is 11.3 Å². The zero-order valence-corrected chi connectivity index (χ0v) is 14.7. The molecular formula is C16H26N2O2S. The monoisotopic (exact) mass is 310 g/mol. The minimum absolute atomic E-state index is 0.0567. The van der Waals surface area contributed by atoms with E-state index in [1.54, 1.807) is 6.07 Å². The summed E-state index contributed by atoms with van der Waals surface area (Å²) in [6, 6.07) is 5.88. The van der Waals surface area contributed by atoms with Crippen LogP contribution in [0.2, 0.25) is 0 Å². The highest BCUT2D eigenvalue weighted by Crippen LogP contribution is 2.45. The Kier molecular flexibility index (Phi) is 4.10. The van der Waals surface area contributed by atoms with Gasteiger partial charge in [-0.05, 0) is 30.7 Å². The molecule has 0 spiro atoms. The van der Waals surface area contributed by atoms with Gasteiger partial charge in [0, 0.05) is 37.3 Å². The molecule has 1 unspecified atom stereocenters. The molecule has 0 saturated heterocycles. The van der Waals surface area contributed by atoms with Crippen LogP contribution in [0.3, 0.4) is 0 Å². The summed E-state index contributed by atoms with van der Waals surface area (Å²) in [6.07, 6.45) is 0. The first kappa shape index (κ1) is 16.3. The van der Waals surface area contributed by atoms with Crippen molar-refractivity contribution < 1.29 is 8.42 Å². The molecule has 0 aromatic heterocycles. The Morgan fingerprint density at radius 1 is 1.24 bits per heavy atom. The predicted molar refractivity (Wildman–Crippen MR) is 87.4 cm³/mol. The third-order valence-electron chi connectivity index (χ3n) is 5.01. The Labute approximate surface area is 128 Å². The van der Waals surface area contributed by atoms with Gasteiger partial charge in [0.15, 0.2) is 0 Å². The normalized spacial score (nSPS) is 20.9. The maximum atomic E-state index is 12.7. The molecule has 4 nitrogen and oxygen atoms in total. The average Bonchev–Trinajstić information content (AvgIpc) is 2.61. The second-order valence-electron chi connectivity index (χ2n) is 6.28. The second kappa shape index (κ2) is 5.29. The predicted octanol–water partition coefficient (Wildman–Crippen LogP) is 2.83. The van der Waals surface area contributed by atoms with Gasteiger partial charge in [0.25, 0.3) is 0 Å². The SMILES string of the molecule is CCN(CC)S(=O)(=O)c1ccc2c(c1)C(C)(C)C(C)N2C. The van der Waals surface area contributed by atoms with E-state index in [2.05, 4.69) is 32.7 Å². The topological polar surface area (TPSA) is 40.6 Å². The van der Waals surface area contributed by atoms with Crippen LogP contribution in [-0.2, 0) is 15.4 Å². The minimum Gasteiger partial charge on any atom is -0.371 e. The Bertz CT molecular complexity index is 634. The van der Waals surface area contributed by atoms with E-state index in [4.69, 9.17) is 0 Å². The third kappa shape index (κ3) is 2.36. The van der Waals surface area contributed by atoms with E-state index in [0.29, 0.717) is 24.0 Å². The summed E-state index contributed by atoms with van der Waals surface area (Å²) in [5.74, 6) is 0. The summed E-state index contributed by atoms with van der Waals surface area (Å²) in [7, 11) is -1.33. The number of rotatable bonds is 4. The molecule has 0 radical (unpaired) electrons. The highest BCUT2D eigenvalue weighted by atomic mass is 32.2. The maximum Gasteiger partial charge on any atom is 0.243 e. The van der Waals surface area contributed by atoms with Crippen LogP contribution < -0.4 is 4.90 Å². The van der Waals surface area contributed by atoms with Gasteiger partial charge < -0.3 is 4.90 Å². The molecule has 1 aliphatic heterocycles. The molecule has 0 fully saturated rings. The molecule has 0 saturated carbocycles. The zero-order valence-electron chi connectivity index (χ0n) is 13.8. The number of hydrogen-bond acceptors (Lipinski definition) is 3. The van der Waals surface area contributed by atoms with Gasteiger partial charge in [0.05, 0.1) is 4.90 Å². The molecule has 2 rings (SSSR count). The molecule has 0 aliphatic carbocycles. The fraction of sp³-hybridized carbons (Fsp3) is 0.625. The van der Waals surface area contributed by atoms with Crippen LogP contribution in [0, 0.1) is 0 Å². The maximum absolute atomic E-state index is 12.7. The van der Waals surface area contributed by atoms with Crippen LogP contribution in [0.25, 0.3) is 0 Å². The van der Waals surface area contributed by atoms with E-state index in [1.807, 2.05) is 26.0 Å². The van der Waals surface area contributed by atoms with E-state index >= 15 is 0 Å². The van der Waals surface area contributed by atoms with Gasteiger partial charge in [0.2, 0.25) is 10.0 Å². The number of anilines is 1. The third-order valence-corrected chi connectivity index (χ3v) is 7.06. The Balaban J connectivity index is 2.56. The molecular weight excluding hydrogens is 284 g/mol. The largest absolute Gasteiger partial charge is 0.371 e. The van der Waals surface area contributed by atoms with E-state index < -0.39 is 10.0 Å². The number of fused-ring (bicyclic) bond motifs is 1. The number of likely N-dealkylation sites (N-methyl/N-ethyl adjacent to an activating group) is 1. The standard InChI is InChI=1S/C16H26N2O2S/c1-7-18(8-2)21(19,20)13-9-10-15-14(11-13)16(4,5)12(3)17(15)6/h9-12H,7-8H2,1-6H3. The Morgan fingerprint density at radius 2 is 1.81 bits per heavy atom. The Hall–Kier alpha value is -1.07. The number of nitrogens with zero attached hydrogens (tertiary/aromatic N) is 2. The molecule has 5 heteroatoms. The number of sulfonamides is 1. The molecule has 1 aliphatic rings. The van der Waals surface area contributed by atoms with Crippen molar-refractivity contribution in [3.8, 4) is 0 Å². The zero-order chi connectivity index (χ0) is 16.0. The average molecular weight is 310 g/mol. The highest BCUT2D eigenvalue weighted by Gasteiger charge is 2.41. The van der Waals surface area contributed by atoms with Crippen LogP contribution in [0.4, 0.5) is 5.69 Å². The van der Waals surface area contributed by atoms with Crippen molar-refractivity contribution in [1.82, 2.24) is 4.31 Å². The van der Waals surface area contributed by atoms with Gasteiger partial charge in [-0.3, -0.25) is 0 Å². The Morgan fingerprint density at radius 3 is 2.33 bits per heavy atom. The van der Waals surface area contributed by atoms with Crippen LogP contribution in [0.1, 0.15) is 40.2 Å². The summed E-state index contributed by atoms with van der Waals surface area (Å²) in [5, 5.41) is 0. The molecule has 0 amide bonds. The van der Waals surface area contributed by atoms with Crippen LogP contribution >= 0.6 is 0 Å². The van der Waals surface area contributed by atoms with Crippen molar-refractivity contribution in [2.45, 2.75) is 51.0 Å². The molecule has 1 aromatic carbocycles. The van der Waals surface area contributed by atoms with Crippen molar-refractivity contribution in [2.75, 3.05) is 25.0 Å². The first-order valence-corrected chi connectivity index (χ1v) is 8.99. The fourth-order valence-corrected chi connectivity index (χ4v) is 4.61. The fourth-order valence-electron chi connectivity index (χ4n) is 3.13. The second-order valence-corrected chi connectivity index (χ2v) is 8.21. The van der Waals surface area contributed by atoms with Crippen LogP contribution in [0.5, 0.6) is 0 Å². The van der Waals surface area contributed by atoms with Crippen LogP contribution in [-0.4, -0.2) is 38.9 Å². The van der Waals surface area contributed by atoms with Crippen LogP contribution in [0.15, 0.2) is 23.1 Å². The van der Waals surface area contributed by atoms with Crippen molar-refractivity contribution in [3.63, 3.8) is 0 Å². The highest BCUT2D eigenvalue weighted by molar-refractivity contribution is 7.89. The quantitative estimate of drug-likeness (QED) is 0.858. The molecule has 1 atom stereocenters.